The topological polar surface area (TPSA) is 221 Å². The normalized spacial score (nSPS) is 12.3. The van der Waals surface area contributed by atoms with Gasteiger partial charge in [-0.3, -0.25) is 24.0 Å². The first kappa shape index (κ1) is 47.7. The highest BCUT2D eigenvalue weighted by molar-refractivity contribution is 5.87. The lowest BCUT2D eigenvalue weighted by atomic mass is 9.92. The summed E-state index contributed by atoms with van der Waals surface area (Å²) in [7, 11) is 0. The number of Topliss-reactive ketones (excluding diaryl/α,β-unsaturated/α-hetero) is 1. The second-order valence-corrected chi connectivity index (χ2v) is 14.0. The number of aliphatic carboxylic acids is 2. The predicted molar refractivity (Wildman–Crippen MR) is 202 cm³/mol. The fraction of sp³-hybridized carbons (Fsp3) is 0.795. The van der Waals surface area contributed by atoms with E-state index in [1.165, 1.54) is 83.2 Å². The number of unbranched alkanes of at least 4 members (excludes halogenated alkanes) is 16. The standard InChI is InChI=1S/C39H68N5O9/c40-34(28-33-29-41-31-44-33)35(45)27-32(39(50)51)19-17-18-22-42-37(47)30-53-26-25-52-24-23-43-36(46)20-15-13-11-9-7-5-3-1-2-4-6-8-10-12-14-16-21-38(48)49/h29,31-32,34,40H,1-28,30H2,(H,41,44)(H,42,47)(H,43,46)(H,48,49)(H,50,51)/t32-,34+/m1/s1. The number of amides is 2. The Balaban J connectivity index is 1.84. The molecule has 1 heterocycles. The van der Waals surface area contributed by atoms with Crippen molar-refractivity contribution in [3.63, 3.8) is 0 Å². The van der Waals surface area contributed by atoms with Gasteiger partial charge < -0.3 is 35.3 Å². The number of carbonyl (C=O) groups is 5. The molecule has 14 heteroatoms. The molecule has 2 atom stereocenters. The van der Waals surface area contributed by atoms with E-state index in [-0.39, 0.29) is 44.3 Å². The summed E-state index contributed by atoms with van der Waals surface area (Å²) in [5.74, 6) is -3.27. The average molecular weight is 751 g/mol. The lowest BCUT2D eigenvalue weighted by Crippen LogP contribution is -2.30. The van der Waals surface area contributed by atoms with Crippen LogP contribution < -0.4 is 16.4 Å². The minimum absolute atomic E-state index is 0.0366. The zero-order valence-corrected chi connectivity index (χ0v) is 32.0. The molecule has 1 aromatic rings. The van der Waals surface area contributed by atoms with Crippen molar-refractivity contribution >= 4 is 29.5 Å². The van der Waals surface area contributed by atoms with Gasteiger partial charge in [-0.15, -0.1) is 0 Å². The van der Waals surface area contributed by atoms with Crippen molar-refractivity contribution in [1.82, 2.24) is 26.3 Å². The molecule has 53 heavy (non-hydrogen) atoms. The molecule has 2 amide bonds. The van der Waals surface area contributed by atoms with Crippen LogP contribution in [0.3, 0.4) is 0 Å². The first-order chi connectivity index (χ1) is 25.7. The van der Waals surface area contributed by atoms with Crippen LogP contribution in [0.25, 0.3) is 0 Å². The molecule has 0 aliphatic rings. The van der Waals surface area contributed by atoms with Crippen LogP contribution in [-0.2, 0) is 39.9 Å². The van der Waals surface area contributed by atoms with Crippen LogP contribution in [0.5, 0.6) is 0 Å². The quantitative estimate of drug-likeness (QED) is 0.0511. The molecule has 303 valence electrons. The molecule has 0 aliphatic carbocycles. The highest BCUT2D eigenvalue weighted by Crippen LogP contribution is 2.16. The van der Waals surface area contributed by atoms with E-state index in [0.717, 1.165) is 32.1 Å². The third-order valence-corrected chi connectivity index (χ3v) is 9.18. The number of nitrogens with zero attached hydrogens (tertiary/aromatic N) is 1. The molecule has 0 saturated carbocycles. The van der Waals surface area contributed by atoms with Gasteiger partial charge in [-0.05, 0) is 25.7 Å². The maximum absolute atomic E-state index is 12.3. The van der Waals surface area contributed by atoms with E-state index in [0.29, 0.717) is 57.7 Å². The zero-order valence-electron chi connectivity index (χ0n) is 32.0. The van der Waals surface area contributed by atoms with Crippen LogP contribution in [-0.4, -0.2) is 95.3 Å². The van der Waals surface area contributed by atoms with Crippen LogP contribution in [0, 0.1) is 5.92 Å². The lowest BCUT2D eigenvalue weighted by Gasteiger charge is -2.14. The Kier molecular flexibility index (Phi) is 29.9. The molecule has 0 saturated heterocycles. The number of nitrogens with one attached hydrogen (secondary N) is 4. The number of aromatic amines is 1. The molecule has 6 N–H and O–H groups in total. The minimum atomic E-state index is -1.06. The number of aromatic nitrogens is 2. The van der Waals surface area contributed by atoms with Crippen LogP contribution in [0.15, 0.2) is 12.5 Å². The number of hydrogen-bond donors (Lipinski definition) is 5. The van der Waals surface area contributed by atoms with Gasteiger partial charge in [0.25, 0.3) is 0 Å². The van der Waals surface area contributed by atoms with Crippen molar-refractivity contribution in [3.8, 4) is 0 Å². The first-order valence-corrected chi connectivity index (χ1v) is 20.0. The number of carbonyl (C=O) groups excluding carboxylic acids is 3. The number of rotatable bonds is 38. The summed E-state index contributed by atoms with van der Waals surface area (Å²) < 4.78 is 10.8. The highest BCUT2D eigenvalue weighted by atomic mass is 16.5. The summed E-state index contributed by atoms with van der Waals surface area (Å²) in [4.78, 5) is 65.1. The Morgan fingerprint density at radius 3 is 1.77 bits per heavy atom. The van der Waals surface area contributed by atoms with Crippen LogP contribution in [0.4, 0.5) is 0 Å². The van der Waals surface area contributed by atoms with Crippen LogP contribution >= 0.6 is 0 Å². The van der Waals surface area contributed by atoms with Crippen molar-refractivity contribution < 1.29 is 43.7 Å². The molecule has 14 nitrogen and oxygen atoms in total. The van der Waals surface area contributed by atoms with E-state index >= 15 is 0 Å². The van der Waals surface area contributed by atoms with Gasteiger partial charge in [-0.25, -0.2) is 10.7 Å². The SMILES string of the molecule is [NH][C@@H](Cc1cnc[nH]1)C(=O)C[C@@H](CCCCNC(=O)COCCOCCNC(=O)CCCCCCCCCCCCCCCCCCC(=O)O)C(=O)O. The van der Waals surface area contributed by atoms with Crippen molar-refractivity contribution in [1.29, 1.82) is 0 Å². The molecule has 1 rings (SSSR count). The Labute approximate surface area is 316 Å². The number of carboxylic acids is 2. The fourth-order valence-electron chi connectivity index (χ4n) is 6.00. The fourth-order valence-corrected chi connectivity index (χ4v) is 6.00. The second kappa shape index (κ2) is 33.2. The summed E-state index contributed by atoms with van der Waals surface area (Å²) in [6.07, 6.45) is 24.1. The largest absolute Gasteiger partial charge is 0.481 e. The van der Waals surface area contributed by atoms with Crippen molar-refractivity contribution in [2.24, 2.45) is 5.92 Å². The van der Waals surface area contributed by atoms with Gasteiger partial charge in [0.1, 0.15) is 6.61 Å². The second-order valence-electron chi connectivity index (χ2n) is 14.0. The number of ether oxygens (including phenoxy) is 2. The smallest absolute Gasteiger partial charge is 0.306 e. The van der Waals surface area contributed by atoms with Crippen molar-refractivity contribution in [2.75, 3.05) is 39.5 Å². The van der Waals surface area contributed by atoms with Gasteiger partial charge in [0.05, 0.1) is 38.1 Å². The predicted octanol–water partition coefficient (Wildman–Crippen LogP) is 5.81. The molecule has 1 aromatic heterocycles. The maximum Gasteiger partial charge on any atom is 0.306 e. The monoisotopic (exact) mass is 751 g/mol. The number of H-pyrrole nitrogens is 1. The summed E-state index contributed by atoms with van der Waals surface area (Å²) in [5.41, 5.74) is 8.66. The van der Waals surface area contributed by atoms with Gasteiger partial charge in [0.2, 0.25) is 11.8 Å². The molecule has 0 bridgehead atoms. The van der Waals surface area contributed by atoms with E-state index in [1.807, 2.05) is 0 Å². The Morgan fingerprint density at radius 2 is 1.23 bits per heavy atom. The average Bonchev–Trinajstić information content (AvgIpc) is 3.64. The number of hydrogen-bond acceptors (Lipinski definition) is 8. The summed E-state index contributed by atoms with van der Waals surface area (Å²) in [6, 6.07) is -1.04. The third-order valence-electron chi connectivity index (χ3n) is 9.18. The minimum Gasteiger partial charge on any atom is -0.481 e. The molecular weight excluding hydrogens is 682 g/mol. The van der Waals surface area contributed by atoms with Crippen molar-refractivity contribution in [3.05, 3.63) is 18.2 Å². The van der Waals surface area contributed by atoms with Gasteiger partial charge in [-0.2, -0.15) is 0 Å². The molecule has 0 aromatic carbocycles. The van der Waals surface area contributed by atoms with Gasteiger partial charge >= 0.3 is 11.9 Å². The Hall–Kier alpha value is -3.36. The van der Waals surface area contributed by atoms with E-state index < -0.39 is 29.7 Å². The zero-order chi connectivity index (χ0) is 38.8. The molecular formula is C39H68N5O9. The first-order valence-electron chi connectivity index (χ1n) is 20.0. The van der Waals surface area contributed by atoms with Gasteiger partial charge in [-0.1, -0.05) is 96.3 Å². The van der Waals surface area contributed by atoms with E-state index in [4.69, 9.17) is 20.3 Å². The molecule has 0 spiro atoms. The maximum atomic E-state index is 12.3. The number of ketones is 1. The molecule has 1 radical (unpaired) electrons. The Bertz CT molecular complexity index is 1100. The number of imidazole rings is 1. The molecule has 0 unspecified atom stereocenters. The third kappa shape index (κ3) is 29.7. The van der Waals surface area contributed by atoms with Crippen molar-refractivity contribution in [2.45, 2.75) is 154 Å². The molecule has 0 fully saturated rings. The van der Waals surface area contributed by atoms with E-state index in [1.54, 1.807) is 0 Å². The highest BCUT2D eigenvalue weighted by Gasteiger charge is 2.25. The summed E-state index contributed by atoms with van der Waals surface area (Å²) >= 11 is 0. The molecule has 0 aliphatic heterocycles. The van der Waals surface area contributed by atoms with Gasteiger partial charge in [0, 0.05) is 50.7 Å². The van der Waals surface area contributed by atoms with Gasteiger partial charge in [0.15, 0.2) is 5.78 Å². The van der Waals surface area contributed by atoms with Crippen LogP contribution in [0.1, 0.15) is 147 Å². The van der Waals surface area contributed by atoms with E-state index in [9.17, 15) is 29.1 Å². The van der Waals surface area contributed by atoms with Crippen LogP contribution in [0.2, 0.25) is 0 Å². The Morgan fingerprint density at radius 1 is 0.679 bits per heavy atom. The van der Waals surface area contributed by atoms with E-state index in [2.05, 4.69) is 20.6 Å². The lowest BCUT2D eigenvalue weighted by molar-refractivity contribution is -0.144. The number of carboxylic acid groups (broad SMARTS) is 2. The summed E-state index contributed by atoms with van der Waals surface area (Å²) in [6.45, 7) is 1.59. The summed E-state index contributed by atoms with van der Waals surface area (Å²) in [5, 5.41) is 23.7.